The highest BCUT2D eigenvalue weighted by Crippen LogP contribution is 2.41. The molecule has 1 unspecified atom stereocenters. The van der Waals surface area contributed by atoms with Crippen LogP contribution in [0.25, 0.3) is 0 Å². The highest BCUT2D eigenvalue weighted by Gasteiger charge is 2.26. The second-order valence-electron chi connectivity index (χ2n) is 6.09. The third-order valence-corrected chi connectivity index (χ3v) is 4.83. The molecule has 0 bridgehead atoms. The first-order chi connectivity index (χ1) is 11.7. The molecule has 24 heavy (non-hydrogen) atoms. The Balaban J connectivity index is 2.13. The molecule has 0 fully saturated rings. The van der Waals surface area contributed by atoms with E-state index in [-0.39, 0.29) is 5.92 Å². The van der Waals surface area contributed by atoms with Gasteiger partial charge in [0.1, 0.15) is 5.75 Å². The molecule has 1 aliphatic rings. The van der Waals surface area contributed by atoms with Gasteiger partial charge in [-0.25, -0.2) is 0 Å². The van der Waals surface area contributed by atoms with Gasteiger partial charge in [0.15, 0.2) is 11.5 Å². The first kappa shape index (κ1) is 16.7. The minimum atomic E-state index is 0.285. The average Bonchev–Trinajstić information content (AvgIpc) is 2.84. The maximum absolute atomic E-state index is 5.63. The molecule has 128 valence electrons. The fourth-order valence-electron chi connectivity index (χ4n) is 3.64. The van der Waals surface area contributed by atoms with Crippen molar-refractivity contribution >= 4 is 0 Å². The molecule has 0 amide bonds. The van der Waals surface area contributed by atoms with Gasteiger partial charge in [0, 0.05) is 12.5 Å². The van der Waals surface area contributed by atoms with Crippen molar-refractivity contribution < 1.29 is 14.2 Å². The zero-order valence-corrected chi connectivity index (χ0v) is 14.8. The van der Waals surface area contributed by atoms with Crippen LogP contribution in [0.15, 0.2) is 30.3 Å². The van der Waals surface area contributed by atoms with Crippen LogP contribution in [-0.2, 0) is 6.42 Å². The lowest BCUT2D eigenvalue weighted by Crippen LogP contribution is -2.21. The van der Waals surface area contributed by atoms with Crippen LogP contribution in [-0.4, -0.2) is 34.4 Å². The topological polar surface area (TPSA) is 39.7 Å². The van der Waals surface area contributed by atoms with Crippen molar-refractivity contribution in [2.24, 2.45) is 0 Å². The zero-order valence-electron chi connectivity index (χ0n) is 14.8. The monoisotopic (exact) mass is 327 g/mol. The van der Waals surface area contributed by atoms with Crippen molar-refractivity contribution in [1.82, 2.24) is 5.32 Å². The van der Waals surface area contributed by atoms with Gasteiger partial charge in [-0.2, -0.15) is 0 Å². The maximum Gasteiger partial charge on any atom is 0.163 e. The van der Waals surface area contributed by atoms with Crippen LogP contribution in [0.2, 0.25) is 0 Å². The van der Waals surface area contributed by atoms with E-state index in [0.717, 1.165) is 42.3 Å². The molecule has 4 nitrogen and oxygen atoms in total. The molecule has 2 aromatic carbocycles. The summed E-state index contributed by atoms with van der Waals surface area (Å²) in [6, 6.07) is 10.5. The van der Waals surface area contributed by atoms with Crippen molar-refractivity contribution in [3.8, 4) is 17.2 Å². The molecule has 0 saturated carbocycles. The first-order valence-electron chi connectivity index (χ1n) is 8.28. The van der Waals surface area contributed by atoms with Gasteiger partial charge in [0.25, 0.3) is 0 Å². The SMILES string of the molecule is COc1ccc(C2CNCCc3cc(OC)c(OC)c(C)c32)cc1. The van der Waals surface area contributed by atoms with Crippen LogP contribution in [0, 0.1) is 6.92 Å². The van der Waals surface area contributed by atoms with Gasteiger partial charge in [0.05, 0.1) is 21.3 Å². The summed E-state index contributed by atoms with van der Waals surface area (Å²) in [5.41, 5.74) is 5.12. The Hall–Kier alpha value is -2.20. The minimum Gasteiger partial charge on any atom is -0.497 e. The molecule has 1 aliphatic heterocycles. The number of fused-ring (bicyclic) bond motifs is 1. The lowest BCUT2D eigenvalue weighted by atomic mass is 9.84. The number of nitrogens with one attached hydrogen (secondary N) is 1. The van der Waals surface area contributed by atoms with Crippen LogP contribution in [0.5, 0.6) is 17.2 Å². The standard InChI is InChI=1S/C20H25NO3/c1-13-19-15(11-18(23-3)20(13)24-4)9-10-21-12-17(19)14-5-7-16(22-2)8-6-14/h5-8,11,17,21H,9-10,12H2,1-4H3. The van der Waals surface area contributed by atoms with Crippen LogP contribution in [0.1, 0.15) is 28.2 Å². The van der Waals surface area contributed by atoms with Crippen molar-refractivity contribution in [3.63, 3.8) is 0 Å². The predicted octanol–water partition coefficient (Wildman–Crippen LogP) is 3.30. The quantitative estimate of drug-likeness (QED) is 0.935. The molecule has 0 spiro atoms. The molecule has 4 heteroatoms. The van der Waals surface area contributed by atoms with Crippen molar-refractivity contribution in [2.75, 3.05) is 34.4 Å². The third kappa shape index (κ3) is 2.94. The van der Waals surface area contributed by atoms with Crippen molar-refractivity contribution in [3.05, 3.63) is 52.6 Å². The molecular weight excluding hydrogens is 302 g/mol. The van der Waals surface area contributed by atoms with E-state index in [0.29, 0.717) is 0 Å². The summed E-state index contributed by atoms with van der Waals surface area (Å²) in [5.74, 6) is 2.80. The van der Waals surface area contributed by atoms with E-state index in [1.807, 2.05) is 12.1 Å². The van der Waals surface area contributed by atoms with Gasteiger partial charge in [-0.05, 0) is 60.3 Å². The normalized spacial score (nSPS) is 16.9. The molecule has 0 aromatic heterocycles. The van der Waals surface area contributed by atoms with Gasteiger partial charge in [-0.15, -0.1) is 0 Å². The van der Waals surface area contributed by atoms with Gasteiger partial charge in [-0.1, -0.05) is 12.1 Å². The van der Waals surface area contributed by atoms with Gasteiger partial charge >= 0.3 is 0 Å². The van der Waals surface area contributed by atoms with Crippen LogP contribution in [0.3, 0.4) is 0 Å². The van der Waals surface area contributed by atoms with E-state index in [9.17, 15) is 0 Å². The lowest BCUT2D eigenvalue weighted by Gasteiger charge is -2.23. The molecule has 0 aliphatic carbocycles. The molecule has 1 N–H and O–H groups in total. The Morgan fingerprint density at radius 2 is 1.75 bits per heavy atom. The third-order valence-electron chi connectivity index (χ3n) is 4.83. The average molecular weight is 327 g/mol. The van der Waals surface area contributed by atoms with Gasteiger partial charge in [-0.3, -0.25) is 0 Å². The maximum atomic E-state index is 5.63. The molecule has 0 radical (unpaired) electrons. The Labute approximate surface area is 143 Å². The molecule has 0 saturated heterocycles. The summed E-state index contributed by atoms with van der Waals surface area (Å²) in [6.45, 7) is 4.01. The Morgan fingerprint density at radius 1 is 1.00 bits per heavy atom. The summed E-state index contributed by atoms with van der Waals surface area (Å²) < 4.78 is 16.5. The van der Waals surface area contributed by atoms with E-state index < -0.39 is 0 Å². The molecule has 2 aromatic rings. The first-order valence-corrected chi connectivity index (χ1v) is 8.28. The largest absolute Gasteiger partial charge is 0.497 e. The fraction of sp³-hybridized carbons (Fsp3) is 0.400. The molecular formula is C20H25NO3. The number of hydrogen-bond donors (Lipinski definition) is 1. The second kappa shape index (κ2) is 7.14. The Morgan fingerprint density at radius 3 is 2.38 bits per heavy atom. The summed E-state index contributed by atoms with van der Waals surface area (Å²) in [7, 11) is 5.09. The van der Waals surface area contributed by atoms with Gasteiger partial charge < -0.3 is 19.5 Å². The highest BCUT2D eigenvalue weighted by atomic mass is 16.5. The Kier molecular flexibility index (Phi) is 4.95. The summed E-state index contributed by atoms with van der Waals surface area (Å²) in [6.07, 6.45) is 0.989. The predicted molar refractivity (Wildman–Crippen MR) is 95.7 cm³/mol. The number of benzene rings is 2. The van der Waals surface area contributed by atoms with Crippen molar-refractivity contribution in [2.45, 2.75) is 19.3 Å². The van der Waals surface area contributed by atoms with E-state index >= 15 is 0 Å². The zero-order chi connectivity index (χ0) is 17.1. The van der Waals surface area contributed by atoms with E-state index in [1.165, 1.54) is 16.7 Å². The van der Waals surface area contributed by atoms with E-state index in [1.54, 1.807) is 21.3 Å². The number of methoxy groups -OCH3 is 3. The van der Waals surface area contributed by atoms with Crippen molar-refractivity contribution in [1.29, 1.82) is 0 Å². The number of rotatable bonds is 4. The summed E-state index contributed by atoms with van der Waals surface area (Å²) in [4.78, 5) is 0. The highest BCUT2D eigenvalue weighted by molar-refractivity contribution is 5.57. The van der Waals surface area contributed by atoms with Crippen LogP contribution < -0.4 is 19.5 Å². The second-order valence-corrected chi connectivity index (χ2v) is 6.09. The minimum absolute atomic E-state index is 0.285. The summed E-state index contributed by atoms with van der Waals surface area (Å²) >= 11 is 0. The molecule has 1 heterocycles. The fourth-order valence-corrected chi connectivity index (χ4v) is 3.64. The number of ether oxygens (including phenoxy) is 3. The van der Waals surface area contributed by atoms with E-state index in [2.05, 4.69) is 30.4 Å². The smallest absolute Gasteiger partial charge is 0.163 e. The molecule has 3 rings (SSSR count). The van der Waals surface area contributed by atoms with Crippen LogP contribution in [0.4, 0.5) is 0 Å². The lowest BCUT2D eigenvalue weighted by molar-refractivity contribution is 0.352. The van der Waals surface area contributed by atoms with Crippen LogP contribution >= 0.6 is 0 Å². The Bertz CT molecular complexity index is 710. The van der Waals surface area contributed by atoms with Gasteiger partial charge in [0.2, 0.25) is 0 Å². The summed E-state index contributed by atoms with van der Waals surface area (Å²) in [5, 5.41) is 3.56. The number of hydrogen-bond acceptors (Lipinski definition) is 4. The molecule has 1 atom stereocenters. The van der Waals surface area contributed by atoms with E-state index in [4.69, 9.17) is 14.2 Å².